The number of oxazole rings is 1. The van der Waals surface area contributed by atoms with Crippen molar-refractivity contribution in [2.24, 2.45) is 5.92 Å². The lowest BCUT2D eigenvalue weighted by molar-refractivity contribution is -0.131. The summed E-state index contributed by atoms with van der Waals surface area (Å²) in [6, 6.07) is 0. The number of hydrogen-bond donors (Lipinski definition) is 0. The van der Waals surface area contributed by atoms with E-state index in [1.165, 1.54) is 24.9 Å². The number of amides is 1. The molecule has 0 unspecified atom stereocenters. The van der Waals surface area contributed by atoms with Gasteiger partial charge >= 0.3 is 0 Å². The van der Waals surface area contributed by atoms with Crippen molar-refractivity contribution in [3.8, 4) is 11.4 Å². The standard InChI is InChI=1S/C20H23N5O3/c1-12-15(13(2)28-23-12)7-19(26)24-6-5-18-16(9-24)20(17-10-27-11-21-17)22-25(18)8-14-3-4-14/h10-11,14H,3-9H2,1-2H3. The Kier molecular flexibility index (Phi) is 4.07. The Balaban J connectivity index is 1.42. The molecule has 0 bridgehead atoms. The van der Waals surface area contributed by atoms with E-state index in [1.54, 1.807) is 6.26 Å². The van der Waals surface area contributed by atoms with Crippen LogP contribution in [-0.2, 0) is 30.7 Å². The van der Waals surface area contributed by atoms with Gasteiger partial charge in [-0.25, -0.2) is 4.98 Å². The topological polar surface area (TPSA) is 90.2 Å². The van der Waals surface area contributed by atoms with Gasteiger partial charge in [-0.3, -0.25) is 9.48 Å². The second-order valence-electron chi connectivity index (χ2n) is 7.82. The number of aromatic nitrogens is 4. The van der Waals surface area contributed by atoms with Gasteiger partial charge in [0.05, 0.1) is 12.1 Å². The lowest BCUT2D eigenvalue weighted by atomic mass is 10.0. The van der Waals surface area contributed by atoms with Crippen LogP contribution < -0.4 is 0 Å². The maximum Gasteiger partial charge on any atom is 0.227 e. The molecule has 1 saturated carbocycles. The molecule has 8 heteroatoms. The number of rotatable bonds is 5. The van der Waals surface area contributed by atoms with Crippen LogP contribution >= 0.6 is 0 Å². The molecule has 1 fully saturated rings. The van der Waals surface area contributed by atoms with Crippen molar-refractivity contribution >= 4 is 5.91 Å². The molecule has 5 rings (SSSR count). The van der Waals surface area contributed by atoms with Crippen molar-refractivity contribution in [3.63, 3.8) is 0 Å². The van der Waals surface area contributed by atoms with Crippen LogP contribution in [0.4, 0.5) is 0 Å². The molecule has 8 nitrogen and oxygen atoms in total. The molecule has 1 aliphatic heterocycles. The SMILES string of the molecule is Cc1noc(C)c1CC(=O)N1CCc2c(c(-c3cocn3)nn2CC2CC2)C1. The first-order valence-corrected chi connectivity index (χ1v) is 9.76. The first kappa shape index (κ1) is 17.2. The van der Waals surface area contributed by atoms with Crippen LogP contribution in [0.2, 0.25) is 0 Å². The summed E-state index contributed by atoms with van der Waals surface area (Å²) in [7, 11) is 0. The zero-order valence-corrected chi connectivity index (χ0v) is 16.1. The van der Waals surface area contributed by atoms with Crippen molar-refractivity contribution < 1.29 is 13.7 Å². The summed E-state index contributed by atoms with van der Waals surface area (Å²) >= 11 is 0. The quantitative estimate of drug-likeness (QED) is 0.675. The number of carbonyl (C=O) groups excluding carboxylic acids is 1. The Labute approximate surface area is 162 Å². The average Bonchev–Trinajstić information content (AvgIpc) is 3.08. The number of hydrogen-bond acceptors (Lipinski definition) is 6. The molecule has 146 valence electrons. The first-order chi connectivity index (χ1) is 13.6. The first-order valence-electron chi connectivity index (χ1n) is 9.76. The molecule has 4 heterocycles. The van der Waals surface area contributed by atoms with Crippen LogP contribution in [0.25, 0.3) is 11.4 Å². The zero-order chi connectivity index (χ0) is 19.3. The summed E-state index contributed by atoms with van der Waals surface area (Å²) in [6.07, 6.45) is 6.71. The van der Waals surface area contributed by atoms with E-state index in [1.807, 2.05) is 18.7 Å². The summed E-state index contributed by atoms with van der Waals surface area (Å²) in [4.78, 5) is 19.2. The van der Waals surface area contributed by atoms with Crippen molar-refractivity contribution in [1.29, 1.82) is 0 Å². The van der Waals surface area contributed by atoms with Gasteiger partial charge in [-0.15, -0.1) is 0 Å². The number of fused-ring (bicyclic) bond motifs is 1. The highest BCUT2D eigenvalue weighted by Gasteiger charge is 2.31. The fraction of sp³-hybridized carbons (Fsp3) is 0.500. The Morgan fingerprint density at radius 3 is 2.86 bits per heavy atom. The molecule has 3 aromatic heterocycles. The minimum atomic E-state index is 0.0843. The van der Waals surface area contributed by atoms with E-state index >= 15 is 0 Å². The minimum absolute atomic E-state index is 0.0843. The van der Waals surface area contributed by atoms with Crippen LogP contribution in [0.15, 0.2) is 21.6 Å². The predicted octanol–water partition coefficient (Wildman–Crippen LogP) is 2.68. The highest BCUT2D eigenvalue weighted by molar-refractivity contribution is 5.80. The van der Waals surface area contributed by atoms with Crippen LogP contribution in [-0.4, -0.2) is 37.3 Å². The van der Waals surface area contributed by atoms with Crippen molar-refractivity contribution in [1.82, 2.24) is 24.8 Å². The minimum Gasteiger partial charge on any atom is -0.451 e. The van der Waals surface area contributed by atoms with Gasteiger partial charge in [0.15, 0.2) is 6.39 Å². The van der Waals surface area contributed by atoms with Gasteiger partial charge < -0.3 is 13.8 Å². The molecule has 2 aliphatic rings. The lowest BCUT2D eigenvalue weighted by Gasteiger charge is -2.28. The molecule has 28 heavy (non-hydrogen) atoms. The molecule has 1 amide bonds. The third-order valence-corrected chi connectivity index (χ3v) is 5.80. The van der Waals surface area contributed by atoms with E-state index in [-0.39, 0.29) is 5.91 Å². The number of carbonyl (C=O) groups is 1. The van der Waals surface area contributed by atoms with Gasteiger partial charge in [0.25, 0.3) is 0 Å². The maximum atomic E-state index is 13.0. The van der Waals surface area contributed by atoms with Crippen LogP contribution in [0.3, 0.4) is 0 Å². The van der Waals surface area contributed by atoms with Gasteiger partial charge in [0, 0.05) is 42.9 Å². The second-order valence-corrected chi connectivity index (χ2v) is 7.82. The Hall–Kier alpha value is -2.90. The van der Waals surface area contributed by atoms with Crippen LogP contribution in [0, 0.1) is 19.8 Å². The lowest BCUT2D eigenvalue weighted by Crippen LogP contribution is -2.37. The van der Waals surface area contributed by atoms with Gasteiger partial charge in [-0.2, -0.15) is 5.10 Å². The van der Waals surface area contributed by atoms with E-state index in [0.717, 1.165) is 47.1 Å². The van der Waals surface area contributed by atoms with Crippen molar-refractivity contribution in [2.45, 2.75) is 52.6 Å². The third kappa shape index (κ3) is 3.02. The molecule has 0 aromatic carbocycles. The van der Waals surface area contributed by atoms with Gasteiger partial charge in [0.2, 0.25) is 5.91 Å². The van der Waals surface area contributed by atoms with Crippen molar-refractivity contribution in [2.75, 3.05) is 6.54 Å². The fourth-order valence-electron chi connectivity index (χ4n) is 3.95. The highest BCUT2D eigenvalue weighted by atomic mass is 16.5. The third-order valence-electron chi connectivity index (χ3n) is 5.80. The van der Waals surface area contributed by atoms with Gasteiger partial charge in [0.1, 0.15) is 23.4 Å². The van der Waals surface area contributed by atoms with Crippen LogP contribution in [0.1, 0.15) is 41.1 Å². The van der Waals surface area contributed by atoms with Gasteiger partial charge in [-0.1, -0.05) is 5.16 Å². The molecule has 0 spiro atoms. The zero-order valence-electron chi connectivity index (χ0n) is 16.1. The molecule has 3 aromatic rings. The summed E-state index contributed by atoms with van der Waals surface area (Å²) in [5.74, 6) is 1.53. The Morgan fingerprint density at radius 2 is 2.18 bits per heavy atom. The molecule has 0 radical (unpaired) electrons. The second kappa shape index (κ2) is 6.61. The molecular formula is C20H23N5O3. The Morgan fingerprint density at radius 1 is 1.32 bits per heavy atom. The monoisotopic (exact) mass is 381 g/mol. The summed E-state index contributed by atoms with van der Waals surface area (Å²) in [6.45, 7) is 5.92. The smallest absolute Gasteiger partial charge is 0.227 e. The predicted molar refractivity (Wildman–Crippen MR) is 99.3 cm³/mol. The molecule has 0 saturated heterocycles. The molecule has 1 aliphatic carbocycles. The van der Waals surface area contributed by atoms with E-state index in [4.69, 9.17) is 14.0 Å². The highest BCUT2D eigenvalue weighted by Crippen LogP contribution is 2.34. The van der Waals surface area contributed by atoms with Crippen molar-refractivity contribution in [3.05, 3.63) is 40.9 Å². The van der Waals surface area contributed by atoms with E-state index in [2.05, 4.69) is 14.8 Å². The number of nitrogens with zero attached hydrogens (tertiary/aromatic N) is 5. The van der Waals surface area contributed by atoms with E-state index in [9.17, 15) is 4.79 Å². The molecule has 0 atom stereocenters. The van der Waals surface area contributed by atoms with Gasteiger partial charge in [-0.05, 0) is 32.6 Å². The normalized spacial score (nSPS) is 16.4. The largest absolute Gasteiger partial charge is 0.451 e. The fourth-order valence-corrected chi connectivity index (χ4v) is 3.95. The molecular weight excluding hydrogens is 358 g/mol. The molecule has 0 N–H and O–H groups in total. The maximum absolute atomic E-state index is 13.0. The van der Waals surface area contributed by atoms with E-state index in [0.29, 0.717) is 25.3 Å². The summed E-state index contributed by atoms with van der Waals surface area (Å²) in [5, 5.41) is 8.80. The number of aryl methyl sites for hydroxylation is 2. The summed E-state index contributed by atoms with van der Waals surface area (Å²) < 4.78 is 12.5. The Bertz CT molecular complexity index is 994. The van der Waals surface area contributed by atoms with Crippen LogP contribution in [0.5, 0.6) is 0 Å². The summed E-state index contributed by atoms with van der Waals surface area (Å²) in [5.41, 5.74) is 5.55. The average molecular weight is 381 g/mol. The van der Waals surface area contributed by atoms with E-state index < -0.39 is 0 Å².